The van der Waals surface area contributed by atoms with E-state index < -0.39 is 5.54 Å². The zero-order valence-electron chi connectivity index (χ0n) is 9.16. The fourth-order valence-corrected chi connectivity index (χ4v) is 1.17. The van der Waals surface area contributed by atoms with Crippen LogP contribution in [-0.4, -0.2) is 27.9 Å². The van der Waals surface area contributed by atoms with Crippen molar-refractivity contribution in [3.8, 4) is 0 Å². The zero-order chi connectivity index (χ0) is 10.8. The molecule has 14 heavy (non-hydrogen) atoms. The summed E-state index contributed by atoms with van der Waals surface area (Å²) in [5, 5.41) is 2.98. The lowest BCUT2D eigenvalue weighted by atomic mass is 9.99. The van der Waals surface area contributed by atoms with Gasteiger partial charge in [0.1, 0.15) is 0 Å². The molecule has 0 aromatic carbocycles. The van der Waals surface area contributed by atoms with E-state index in [1.807, 2.05) is 31.5 Å². The van der Waals surface area contributed by atoms with Gasteiger partial charge in [-0.05, 0) is 27.8 Å². The molecule has 0 unspecified atom stereocenters. The van der Waals surface area contributed by atoms with Crippen LogP contribution in [0.4, 0.5) is 0 Å². The molecule has 0 radical (unpaired) electrons. The second-order valence-electron chi connectivity index (χ2n) is 3.74. The first-order valence-corrected chi connectivity index (χ1v) is 4.77. The molecule has 78 valence electrons. The Morgan fingerprint density at radius 1 is 1.64 bits per heavy atom. The van der Waals surface area contributed by atoms with Crippen LogP contribution in [0.3, 0.4) is 0 Å². The maximum Gasteiger partial charge on any atom is 0.217 e. The van der Waals surface area contributed by atoms with E-state index in [0.717, 1.165) is 6.54 Å². The third kappa shape index (κ3) is 1.85. The largest absolute Gasteiger partial charge is 0.329 e. The Bertz CT molecular complexity index is 328. The van der Waals surface area contributed by atoms with Crippen molar-refractivity contribution in [1.29, 1.82) is 0 Å². The van der Waals surface area contributed by atoms with Gasteiger partial charge in [-0.3, -0.25) is 4.79 Å². The molecule has 0 saturated carbocycles. The zero-order valence-corrected chi connectivity index (χ0v) is 9.16. The van der Waals surface area contributed by atoms with Crippen molar-refractivity contribution in [2.24, 2.45) is 0 Å². The quantitative estimate of drug-likeness (QED) is 0.731. The highest BCUT2D eigenvalue weighted by Crippen LogP contribution is 2.10. The highest BCUT2D eigenvalue weighted by molar-refractivity contribution is 5.99. The predicted molar refractivity (Wildman–Crippen MR) is 55.4 cm³/mol. The normalized spacial score (nSPS) is 11.7. The van der Waals surface area contributed by atoms with E-state index in [4.69, 9.17) is 0 Å². The molecule has 4 heteroatoms. The molecule has 1 N–H and O–H groups in total. The third-order valence-electron chi connectivity index (χ3n) is 2.45. The van der Waals surface area contributed by atoms with Crippen LogP contribution in [0.1, 0.15) is 31.4 Å². The molecule has 0 fully saturated rings. The molecule has 0 aliphatic heterocycles. The number of likely N-dealkylation sites (N-methyl/N-ethyl adjacent to an activating group) is 1. The number of carbonyl (C=O) groups is 1. The van der Waals surface area contributed by atoms with E-state index in [1.165, 1.54) is 0 Å². The van der Waals surface area contributed by atoms with Gasteiger partial charge in [0.2, 0.25) is 5.78 Å². The summed E-state index contributed by atoms with van der Waals surface area (Å²) in [4.78, 5) is 16.1. The Kier molecular flexibility index (Phi) is 3.06. The van der Waals surface area contributed by atoms with E-state index in [1.54, 1.807) is 13.2 Å². The number of Topliss-reactive ketones (excluding diaryl/α,β-unsaturated/α-hetero) is 1. The Hall–Kier alpha value is -1.16. The van der Waals surface area contributed by atoms with Gasteiger partial charge in [0.25, 0.3) is 0 Å². The molecule has 0 bridgehead atoms. The highest BCUT2D eigenvalue weighted by atomic mass is 16.1. The number of rotatable bonds is 4. The Morgan fingerprint density at radius 2 is 2.29 bits per heavy atom. The van der Waals surface area contributed by atoms with Crippen molar-refractivity contribution in [3.05, 3.63) is 18.2 Å². The van der Waals surface area contributed by atoms with Gasteiger partial charge in [0, 0.05) is 18.9 Å². The van der Waals surface area contributed by atoms with Gasteiger partial charge in [-0.15, -0.1) is 0 Å². The SMILES string of the molecule is CCn1ccnc1C(=O)C(C)(C)NC. The van der Waals surface area contributed by atoms with E-state index in [-0.39, 0.29) is 5.78 Å². The fourth-order valence-electron chi connectivity index (χ4n) is 1.17. The first kappa shape index (κ1) is 10.9. The minimum absolute atomic E-state index is 0.0202. The average molecular weight is 195 g/mol. The van der Waals surface area contributed by atoms with Crippen LogP contribution in [0, 0.1) is 0 Å². The maximum atomic E-state index is 12.0. The lowest BCUT2D eigenvalue weighted by molar-refractivity contribution is 0.0874. The number of aryl methyl sites for hydroxylation is 1. The molecule has 1 aromatic rings. The molecule has 0 saturated heterocycles. The monoisotopic (exact) mass is 195 g/mol. The summed E-state index contributed by atoms with van der Waals surface area (Å²) in [7, 11) is 1.77. The van der Waals surface area contributed by atoms with E-state index in [9.17, 15) is 4.79 Å². The Labute approximate surface area is 84.3 Å². The Morgan fingerprint density at radius 3 is 2.79 bits per heavy atom. The summed E-state index contributed by atoms with van der Waals surface area (Å²) in [5.41, 5.74) is -0.557. The summed E-state index contributed by atoms with van der Waals surface area (Å²) >= 11 is 0. The maximum absolute atomic E-state index is 12.0. The van der Waals surface area contributed by atoms with Gasteiger partial charge in [0.15, 0.2) is 5.82 Å². The number of hydrogen-bond acceptors (Lipinski definition) is 3. The molecule has 0 spiro atoms. The molecular weight excluding hydrogens is 178 g/mol. The second kappa shape index (κ2) is 3.92. The Balaban J connectivity index is 3.00. The van der Waals surface area contributed by atoms with Crippen LogP contribution in [0.15, 0.2) is 12.4 Å². The summed E-state index contributed by atoms with van der Waals surface area (Å²) in [6, 6.07) is 0. The first-order valence-electron chi connectivity index (χ1n) is 4.77. The van der Waals surface area contributed by atoms with Crippen LogP contribution >= 0.6 is 0 Å². The van der Waals surface area contributed by atoms with Gasteiger partial charge in [-0.1, -0.05) is 0 Å². The van der Waals surface area contributed by atoms with Crippen molar-refractivity contribution in [2.45, 2.75) is 32.9 Å². The highest BCUT2D eigenvalue weighted by Gasteiger charge is 2.29. The van der Waals surface area contributed by atoms with Crippen molar-refractivity contribution >= 4 is 5.78 Å². The average Bonchev–Trinajstić information content (AvgIpc) is 2.64. The summed E-state index contributed by atoms with van der Waals surface area (Å²) in [5.74, 6) is 0.540. The van der Waals surface area contributed by atoms with E-state index >= 15 is 0 Å². The molecule has 1 rings (SSSR count). The molecule has 1 heterocycles. The number of imidazole rings is 1. The third-order valence-corrected chi connectivity index (χ3v) is 2.45. The molecule has 4 nitrogen and oxygen atoms in total. The predicted octanol–water partition coefficient (Wildman–Crippen LogP) is 1.08. The summed E-state index contributed by atoms with van der Waals surface area (Å²) in [6.07, 6.45) is 3.47. The number of nitrogens with zero attached hydrogens (tertiary/aromatic N) is 2. The molecule has 0 atom stereocenters. The molecule has 0 aliphatic carbocycles. The smallest absolute Gasteiger partial charge is 0.217 e. The molecular formula is C10H17N3O. The van der Waals surface area contributed by atoms with Crippen LogP contribution in [0.5, 0.6) is 0 Å². The number of hydrogen-bond donors (Lipinski definition) is 1. The van der Waals surface area contributed by atoms with Gasteiger partial charge >= 0.3 is 0 Å². The van der Waals surface area contributed by atoms with Crippen molar-refractivity contribution in [2.75, 3.05) is 7.05 Å². The van der Waals surface area contributed by atoms with Crippen molar-refractivity contribution < 1.29 is 4.79 Å². The summed E-state index contributed by atoms with van der Waals surface area (Å²) in [6.45, 7) is 6.46. The van der Waals surface area contributed by atoms with Gasteiger partial charge in [-0.2, -0.15) is 0 Å². The van der Waals surface area contributed by atoms with Crippen LogP contribution in [-0.2, 0) is 6.54 Å². The second-order valence-corrected chi connectivity index (χ2v) is 3.74. The first-order chi connectivity index (χ1) is 6.53. The minimum atomic E-state index is -0.557. The van der Waals surface area contributed by atoms with Gasteiger partial charge in [-0.25, -0.2) is 4.98 Å². The van der Waals surface area contributed by atoms with E-state index in [0.29, 0.717) is 5.82 Å². The minimum Gasteiger partial charge on any atom is -0.329 e. The number of nitrogens with one attached hydrogen (secondary N) is 1. The lowest BCUT2D eigenvalue weighted by Gasteiger charge is -2.21. The van der Waals surface area contributed by atoms with Gasteiger partial charge < -0.3 is 9.88 Å². The van der Waals surface area contributed by atoms with Crippen molar-refractivity contribution in [3.63, 3.8) is 0 Å². The molecule has 0 amide bonds. The summed E-state index contributed by atoms with van der Waals surface area (Å²) < 4.78 is 1.85. The lowest BCUT2D eigenvalue weighted by Crippen LogP contribution is -2.45. The number of aromatic nitrogens is 2. The number of carbonyl (C=O) groups excluding carboxylic acids is 1. The van der Waals surface area contributed by atoms with Crippen LogP contribution in [0.25, 0.3) is 0 Å². The molecule has 0 aliphatic rings. The fraction of sp³-hybridized carbons (Fsp3) is 0.600. The van der Waals surface area contributed by atoms with E-state index in [2.05, 4.69) is 10.3 Å². The number of ketones is 1. The standard InChI is InChI=1S/C10H17N3O/c1-5-13-7-6-12-9(13)8(14)10(2,3)11-4/h6-7,11H,5H2,1-4H3. The van der Waals surface area contributed by atoms with Crippen LogP contribution < -0.4 is 5.32 Å². The van der Waals surface area contributed by atoms with Crippen molar-refractivity contribution in [1.82, 2.24) is 14.9 Å². The topological polar surface area (TPSA) is 46.9 Å². The van der Waals surface area contributed by atoms with Gasteiger partial charge in [0.05, 0.1) is 5.54 Å². The molecule has 1 aromatic heterocycles. The van der Waals surface area contributed by atoms with Crippen LogP contribution in [0.2, 0.25) is 0 Å².